The van der Waals surface area contributed by atoms with E-state index in [-0.39, 0.29) is 24.7 Å². The van der Waals surface area contributed by atoms with Gasteiger partial charge in [0, 0.05) is 31.2 Å². The average Bonchev–Trinajstić information content (AvgIpc) is 2.47. The molecule has 2 amide bonds. The van der Waals surface area contributed by atoms with E-state index in [1.165, 1.54) is 0 Å². The van der Waals surface area contributed by atoms with Crippen molar-refractivity contribution in [1.29, 1.82) is 0 Å². The first-order valence-electron chi connectivity index (χ1n) is 8.57. The van der Waals surface area contributed by atoms with Gasteiger partial charge in [-0.05, 0) is 39.8 Å². The maximum Gasteiger partial charge on any atom is 0.317 e. The molecule has 0 aliphatic heterocycles. The second-order valence-corrected chi connectivity index (χ2v) is 6.42. The van der Waals surface area contributed by atoms with Gasteiger partial charge in [0.1, 0.15) is 0 Å². The highest BCUT2D eigenvalue weighted by Crippen LogP contribution is 2.25. The van der Waals surface area contributed by atoms with Crippen LogP contribution in [0.2, 0.25) is 0 Å². The van der Waals surface area contributed by atoms with Gasteiger partial charge in [0.05, 0.1) is 6.54 Å². The van der Waals surface area contributed by atoms with E-state index in [1.807, 2.05) is 11.8 Å². The van der Waals surface area contributed by atoms with E-state index in [0.29, 0.717) is 12.6 Å². The minimum atomic E-state index is -0.800. The van der Waals surface area contributed by atoms with Crippen LogP contribution in [0.4, 0.5) is 4.79 Å². The number of nitrogens with zero attached hydrogens (tertiary/aromatic N) is 2. The molecule has 0 heterocycles. The van der Waals surface area contributed by atoms with Crippen molar-refractivity contribution in [2.24, 2.45) is 0 Å². The SMILES string of the molecule is CCC(C)N(C)CCNC(=O)NC1CC(N(CC)CC(=O)O)C1. The number of carboxylic acid groups (broad SMARTS) is 1. The monoisotopic (exact) mass is 328 g/mol. The minimum absolute atomic E-state index is 0.0715. The topological polar surface area (TPSA) is 84.9 Å². The van der Waals surface area contributed by atoms with E-state index in [9.17, 15) is 9.59 Å². The predicted molar refractivity (Wildman–Crippen MR) is 90.6 cm³/mol. The minimum Gasteiger partial charge on any atom is -0.480 e. The van der Waals surface area contributed by atoms with Crippen LogP contribution in [0.15, 0.2) is 0 Å². The molecule has 0 aromatic rings. The molecule has 7 heteroatoms. The Morgan fingerprint density at radius 3 is 2.48 bits per heavy atom. The second-order valence-electron chi connectivity index (χ2n) is 6.42. The highest BCUT2D eigenvalue weighted by atomic mass is 16.4. The molecule has 1 aliphatic rings. The number of carbonyl (C=O) groups excluding carboxylic acids is 1. The van der Waals surface area contributed by atoms with Gasteiger partial charge >= 0.3 is 12.0 Å². The Balaban J connectivity index is 2.17. The Kier molecular flexibility index (Phi) is 8.33. The van der Waals surface area contributed by atoms with Gasteiger partial charge in [-0.25, -0.2) is 4.79 Å². The molecule has 0 saturated heterocycles. The Morgan fingerprint density at radius 1 is 1.30 bits per heavy atom. The molecule has 1 atom stereocenters. The Labute approximate surface area is 139 Å². The van der Waals surface area contributed by atoms with Gasteiger partial charge in [0.25, 0.3) is 0 Å². The van der Waals surface area contributed by atoms with Crippen molar-refractivity contribution < 1.29 is 14.7 Å². The summed E-state index contributed by atoms with van der Waals surface area (Å²) in [6.07, 6.45) is 2.74. The summed E-state index contributed by atoms with van der Waals surface area (Å²) in [5, 5.41) is 14.7. The zero-order valence-electron chi connectivity index (χ0n) is 14.8. The quantitative estimate of drug-likeness (QED) is 0.556. The van der Waals surface area contributed by atoms with Crippen molar-refractivity contribution in [3.8, 4) is 0 Å². The van der Waals surface area contributed by atoms with E-state index in [2.05, 4.69) is 36.4 Å². The average molecular weight is 328 g/mol. The number of hydrogen-bond donors (Lipinski definition) is 3. The number of nitrogens with one attached hydrogen (secondary N) is 2. The van der Waals surface area contributed by atoms with E-state index < -0.39 is 5.97 Å². The summed E-state index contributed by atoms with van der Waals surface area (Å²) in [5.74, 6) is -0.800. The Hall–Kier alpha value is -1.34. The van der Waals surface area contributed by atoms with Gasteiger partial charge in [0.2, 0.25) is 0 Å². The van der Waals surface area contributed by atoms with Crippen LogP contribution in [-0.2, 0) is 4.79 Å². The number of aliphatic carboxylic acids is 1. The van der Waals surface area contributed by atoms with Crippen molar-refractivity contribution in [1.82, 2.24) is 20.4 Å². The molecule has 1 unspecified atom stereocenters. The van der Waals surface area contributed by atoms with Gasteiger partial charge in [-0.2, -0.15) is 0 Å². The van der Waals surface area contributed by atoms with Crippen molar-refractivity contribution >= 4 is 12.0 Å². The maximum atomic E-state index is 11.8. The fourth-order valence-corrected chi connectivity index (χ4v) is 2.79. The van der Waals surface area contributed by atoms with Crippen LogP contribution in [0.1, 0.15) is 40.0 Å². The lowest BCUT2D eigenvalue weighted by molar-refractivity contribution is -0.139. The van der Waals surface area contributed by atoms with Crippen LogP contribution < -0.4 is 10.6 Å². The van der Waals surface area contributed by atoms with Gasteiger partial charge in [-0.15, -0.1) is 0 Å². The van der Waals surface area contributed by atoms with E-state index in [4.69, 9.17) is 5.11 Å². The smallest absolute Gasteiger partial charge is 0.317 e. The molecule has 0 aromatic carbocycles. The second kappa shape index (κ2) is 9.72. The van der Waals surface area contributed by atoms with Gasteiger partial charge in [-0.3, -0.25) is 9.69 Å². The summed E-state index contributed by atoms with van der Waals surface area (Å²) in [6.45, 7) is 8.54. The highest BCUT2D eigenvalue weighted by molar-refractivity contribution is 5.74. The third kappa shape index (κ3) is 6.74. The molecule has 1 saturated carbocycles. The van der Waals surface area contributed by atoms with Crippen molar-refractivity contribution in [3.63, 3.8) is 0 Å². The Bertz CT molecular complexity index is 386. The number of carbonyl (C=O) groups is 2. The first kappa shape index (κ1) is 19.7. The number of urea groups is 1. The lowest BCUT2D eigenvalue weighted by Crippen LogP contribution is -2.56. The summed E-state index contributed by atoms with van der Waals surface area (Å²) in [6, 6.07) is 0.793. The molecular formula is C16H32N4O3. The number of likely N-dealkylation sites (N-methyl/N-ethyl adjacent to an activating group) is 2. The van der Waals surface area contributed by atoms with Crippen molar-refractivity contribution in [2.75, 3.05) is 33.2 Å². The van der Waals surface area contributed by atoms with E-state index in [0.717, 1.165) is 32.4 Å². The largest absolute Gasteiger partial charge is 0.480 e. The molecular weight excluding hydrogens is 296 g/mol. The fraction of sp³-hybridized carbons (Fsp3) is 0.875. The van der Waals surface area contributed by atoms with Gasteiger partial charge in [0.15, 0.2) is 0 Å². The van der Waals surface area contributed by atoms with Crippen LogP contribution in [0, 0.1) is 0 Å². The summed E-state index contributed by atoms with van der Waals surface area (Å²) < 4.78 is 0. The molecule has 0 bridgehead atoms. The standard InChI is InChI=1S/C16H32N4O3/c1-5-12(3)19(4)8-7-17-16(23)18-13-9-14(10-13)20(6-2)11-15(21)22/h12-14H,5-11H2,1-4H3,(H,21,22)(H2,17,18,23). The number of rotatable bonds is 10. The summed E-state index contributed by atoms with van der Waals surface area (Å²) in [5.41, 5.74) is 0. The fourth-order valence-electron chi connectivity index (χ4n) is 2.79. The lowest BCUT2D eigenvalue weighted by atomic mass is 9.85. The zero-order valence-corrected chi connectivity index (χ0v) is 14.8. The first-order chi connectivity index (χ1) is 10.9. The van der Waals surface area contributed by atoms with Crippen molar-refractivity contribution in [3.05, 3.63) is 0 Å². The Morgan fingerprint density at radius 2 is 1.96 bits per heavy atom. The zero-order chi connectivity index (χ0) is 17.4. The van der Waals surface area contributed by atoms with E-state index in [1.54, 1.807) is 0 Å². The van der Waals surface area contributed by atoms with Gasteiger partial charge < -0.3 is 20.6 Å². The molecule has 0 aromatic heterocycles. The lowest BCUT2D eigenvalue weighted by Gasteiger charge is -2.42. The third-order valence-corrected chi connectivity index (χ3v) is 4.80. The molecule has 3 N–H and O–H groups in total. The number of carboxylic acids is 1. The molecule has 0 radical (unpaired) electrons. The van der Waals surface area contributed by atoms with Crippen LogP contribution >= 0.6 is 0 Å². The summed E-state index contributed by atoms with van der Waals surface area (Å²) in [4.78, 5) is 26.8. The third-order valence-electron chi connectivity index (χ3n) is 4.80. The molecule has 1 rings (SSSR count). The predicted octanol–water partition coefficient (Wildman–Crippen LogP) is 0.953. The van der Waals surface area contributed by atoms with Crippen LogP contribution in [0.3, 0.4) is 0 Å². The van der Waals surface area contributed by atoms with Crippen molar-refractivity contribution in [2.45, 2.75) is 58.2 Å². The molecule has 7 nitrogen and oxygen atoms in total. The normalized spacial score (nSPS) is 21.8. The first-order valence-corrected chi connectivity index (χ1v) is 8.57. The number of amides is 2. The van der Waals surface area contributed by atoms with Crippen LogP contribution in [-0.4, -0.2) is 78.3 Å². The van der Waals surface area contributed by atoms with E-state index >= 15 is 0 Å². The highest BCUT2D eigenvalue weighted by Gasteiger charge is 2.34. The van der Waals surface area contributed by atoms with Gasteiger partial charge in [-0.1, -0.05) is 13.8 Å². The molecule has 1 aliphatic carbocycles. The summed E-state index contributed by atoms with van der Waals surface area (Å²) >= 11 is 0. The summed E-state index contributed by atoms with van der Waals surface area (Å²) in [7, 11) is 2.06. The molecule has 134 valence electrons. The molecule has 0 spiro atoms. The van der Waals surface area contributed by atoms with Crippen LogP contribution in [0.5, 0.6) is 0 Å². The number of hydrogen-bond acceptors (Lipinski definition) is 4. The molecule has 1 fully saturated rings. The van der Waals surface area contributed by atoms with Crippen LogP contribution in [0.25, 0.3) is 0 Å². The maximum absolute atomic E-state index is 11.8. The molecule has 23 heavy (non-hydrogen) atoms.